The van der Waals surface area contributed by atoms with E-state index >= 15 is 0 Å². The SMILES string of the molecule is COc1ccccc1C=CC(=O)Nc1cc(C(F)(F)F)ccc1F. The van der Waals surface area contributed by atoms with Gasteiger partial charge in [-0.25, -0.2) is 4.39 Å². The zero-order chi connectivity index (χ0) is 17.7. The number of hydrogen-bond donors (Lipinski definition) is 1. The van der Waals surface area contributed by atoms with E-state index in [0.717, 1.165) is 6.08 Å². The second-order valence-electron chi connectivity index (χ2n) is 4.76. The Morgan fingerprint density at radius 2 is 1.88 bits per heavy atom. The molecule has 0 atom stereocenters. The fraction of sp³-hybridized carbons (Fsp3) is 0.118. The first-order valence-corrected chi connectivity index (χ1v) is 6.80. The molecular formula is C17H13F4NO2. The number of hydrogen-bond acceptors (Lipinski definition) is 2. The van der Waals surface area contributed by atoms with Gasteiger partial charge in [-0.3, -0.25) is 4.79 Å². The average molecular weight is 339 g/mol. The fourth-order valence-corrected chi connectivity index (χ4v) is 1.94. The summed E-state index contributed by atoms with van der Waals surface area (Å²) >= 11 is 0. The molecule has 0 bridgehead atoms. The van der Waals surface area contributed by atoms with Crippen LogP contribution in [-0.2, 0) is 11.0 Å². The lowest BCUT2D eigenvalue weighted by atomic mass is 10.1. The summed E-state index contributed by atoms with van der Waals surface area (Å²) in [5, 5.41) is 2.09. The lowest BCUT2D eigenvalue weighted by Crippen LogP contribution is -2.12. The third kappa shape index (κ3) is 4.34. The second kappa shape index (κ2) is 7.16. The summed E-state index contributed by atoms with van der Waals surface area (Å²) in [5.41, 5.74) is -0.993. The number of halogens is 4. The zero-order valence-corrected chi connectivity index (χ0v) is 12.5. The number of nitrogens with one attached hydrogen (secondary N) is 1. The quantitative estimate of drug-likeness (QED) is 0.658. The Morgan fingerprint density at radius 1 is 1.17 bits per heavy atom. The number of para-hydroxylation sites is 1. The van der Waals surface area contributed by atoms with Gasteiger partial charge in [0.05, 0.1) is 18.4 Å². The van der Waals surface area contributed by atoms with E-state index in [1.165, 1.54) is 13.2 Å². The van der Waals surface area contributed by atoms with Crippen LogP contribution in [-0.4, -0.2) is 13.0 Å². The number of amides is 1. The van der Waals surface area contributed by atoms with Crippen molar-refractivity contribution in [1.29, 1.82) is 0 Å². The number of anilines is 1. The van der Waals surface area contributed by atoms with Crippen molar-refractivity contribution >= 4 is 17.7 Å². The summed E-state index contributed by atoms with van der Waals surface area (Å²) in [6.07, 6.45) is -2.13. The van der Waals surface area contributed by atoms with Crippen molar-refractivity contribution in [2.24, 2.45) is 0 Å². The fourth-order valence-electron chi connectivity index (χ4n) is 1.94. The Morgan fingerprint density at radius 3 is 2.54 bits per heavy atom. The van der Waals surface area contributed by atoms with Crippen molar-refractivity contribution in [1.82, 2.24) is 0 Å². The van der Waals surface area contributed by atoms with Crippen LogP contribution in [0.15, 0.2) is 48.5 Å². The minimum absolute atomic E-state index is 0.520. The molecule has 0 radical (unpaired) electrons. The van der Waals surface area contributed by atoms with Gasteiger partial charge >= 0.3 is 6.18 Å². The molecule has 0 aliphatic heterocycles. The molecular weight excluding hydrogens is 326 g/mol. The van der Waals surface area contributed by atoms with E-state index in [1.54, 1.807) is 24.3 Å². The number of rotatable bonds is 4. The van der Waals surface area contributed by atoms with Gasteiger partial charge < -0.3 is 10.1 Å². The molecule has 0 saturated carbocycles. The first kappa shape index (κ1) is 17.5. The van der Waals surface area contributed by atoms with Crippen LogP contribution >= 0.6 is 0 Å². The van der Waals surface area contributed by atoms with Crippen LogP contribution < -0.4 is 10.1 Å². The van der Waals surface area contributed by atoms with Gasteiger partial charge in [0.15, 0.2) is 0 Å². The maximum absolute atomic E-state index is 13.6. The van der Waals surface area contributed by atoms with Crippen molar-refractivity contribution in [2.45, 2.75) is 6.18 Å². The summed E-state index contributed by atoms with van der Waals surface area (Å²) in [6.45, 7) is 0. The summed E-state index contributed by atoms with van der Waals surface area (Å²) in [7, 11) is 1.46. The predicted molar refractivity (Wildman–Crippen MR) is 82.1 cm³/mol. The highest BCUT2D eigenvalue weighted by Gasteiger charge is 2.31. The van der Waals surface area contributed by atoms with E-state index in [4.69, 9.17) is 4.74 Å². The monoisotopic (exact) mass is 339 g/mol. The molecule has 0 spiro atoms. The summed E-state index contributed by atoms with van der Waals surface area (Å²) in [6, 6.07) is 8.65. The Labute approximate surface area is 135 Å². The molecule has 24 heavy (non-hydrogen) atoms. The maximum atomic E-state index is 13.6. The van der Waals surface area contributed by atoms with Crippen molar-refractivity contribution in [3.8, 4) is 5.75 Å². The first-order valence-electron chi connectivity index (χ1n) is 6.80. The van der Waals surface area contributed by atoms with Crippen molar-refractivity contribution in [3.05, 3.63) is 65.5 Å². The first-order chi connectivity index (χ1) is 11.3. The molecule has 3 nitrogen and oxygen atoms in total. The Kier molecular flexibility index (Phi) is 5.23. The standard InChI is InChI=1S/C17H13F4NO2/c1-24-15-5-3-2-4-11(15)6-9-16(23)22-14-10-12(17(19,20)21)7-8-13(14)18/h2-10H,1H3,(H,22,23). The van der Waals surface area contributed by atoms with Crippen LogP contribution in [0.3, 0.4) is 0 Å². The van der Waals surface area contributed by atoms with Gasteiger partial charge in [0.25, 0.3) is 0 Å². The van der Waals surface area contributed by atoms with E-state index < -0.39 is 29.2 Å². The number of methoxy groups -OCH3 is 1. The number of alkyl halides is 3. The van der Waals surface area contributed by atoms with Gasteiger partial charge in [0.1, 0.15) is 11.6 Å². The van der Waals surface area contributed by atoms with Crippen LogP contribution in [0.25, 0.3) is 6.08 Å². The second-order valence-corrected chi connectivity index (χ2v) is 4.76. The van der Waals surface area contributed by atoms with Crippen LogP contribution in [0.5, 0.6) is 5.75 Å². The van der Waals surface area contributed by atoms with Gasteiger partial charge in [-0.1, -0.05) is 18.2 Å². The third-order valence-corrected chi connectivity index (χ3v) is 3.10. The highest BCUT2D eigenvalue weighted by molar-refractivity contribution is 6.02. The topological polar surface area (TPSA) is 38.3 Å². The lowest BCUT2D eigenvalue weighted by Gasteiger charge is -2.10. The maximum Gasteiger partial charge on any atom is 0.416 e. The molecule has 2 aromatic carbocycles. The molecule has 1 amide bonds. The number of ether oxygens (including phenoxy) is 1. The highest BCUT2D eigenvalue weighted by atomic mass is 19.4. The number of benzene rings is 2. The Bertz CT molecular complexity index is 769. The molecule has 0 fully saturated rings. The van der Waals surface area contributed by atoms with E-state index in [9.17, 15) is 22.4 Å². The van der Waals surface area contributed by atoms with E-state index in [1.807, 2.05) is 0 Å². The molecule has 0 aliphatic rings. The molecule has 0 aromatic heterocycles. The average Bonchev–Trinajstić information content (AvgIpc) is 2.54. The molecule has 0 aliphatic carbocycles. The lowest BCUT2D eigenvalue weighted by molar-refractivity contribution is -0.137. The molecule has 0 heterocycles. The van der Waals surface area contributed by atoms with E-state index in [-0.39, 0.29) is 0 Å². The van der Waals surface area contributed by atoms with Gasteiger partial charge in [-0.05, 0) is 30.3 Å². The number of carbonyl (C=O) groups excluding carboxylic acids is 1. The van der Waals surface area contributed by atoms with Gasteiger partial charge in [-0.15, -0.1) is 0 Å². The molecule has 2 rings (SSSR count). The molecule has 0 saturated heterocycles. The Hall–Kier alpha value is -2.83. The molecule has 7 heteroatoms. The van der Waals surface area contributed by atoms with Gasteiger partial charge in [-0.2, -0.15) is 13.2 Å². The third-order valence-electron chi connectivity index (χ3n) is 3.10. The van der Waals surface area contributed by atoms with Crippen LogP contribution in [0.1, 0.15) is 11.1 Å². The van der Waals surface area contributed by atoms with Crippen molar-refractivity contribution in [2.75, 3.05) is 12.4 Å². The minimum Gasteiger partial charge on any atom is -0.496 e. The zero-order valence-electron chi connectivity index (χ0n) is 12.5. The van der Waals surface area contributed by atoms with Gasteiger partial charge in [0.2, 0.25) is 5.91 Å². The predicted octanol–water partition coefficient (Wildman–Crippen LogP) is 4.51. The molecule has 126 valence electrons. The molecule has 1 N–H and O–H groups in total. The van der Waals surface area contributed by atoms with Gasteiger partial charge in [0, 0.05) is 11.6 Å². The smallest absolute Gasteiger partial charge is 0.416 e. The van der Waals surface area contributed by atoms with Crippen LogP contribution in [0.2, 0.25) is 0 Å². The summed E-state index contributed by atoms with van der Waals surface area (Å²) in [4.78, 5) is 11.8. The Balaban J connectivity index is 2.17. The minimum atomic E-state index is -4.62. The van der Waals surface area contributed by atoms with Crippen molar-refractivity contribution < 1.29 is 27.1 Å². The number of carbonyl (C=O) groups is 1. The summed E-state index contributed by atoms with van der Waals surface area (Å²) < 4.78 is 56.6. The van der Waals surface area contributed by atoms with Crippen LogP contribution in [0.4, 0.5) is 23.2 Å². The largest absolute Gasteiger partial charge is 0.496 e. The highest BCUT2D eigenvalue weighted by Crippen LogP contribution is 2.31. The van der Waals surface area contributed by atoms with E-state index in [0.29, 0.717) is 29.5 Å². The normalized spacial score (nSPS) is 11.5. The molecule has 2 aromatic rings. The van der Waals surface area contributed by atoms with Crippen molar-refractivity contribution in [3.63, 3.8) is 0 Å². The van der Waals surface area contributed by atoms with E-state index in [2.05, 4.69) is 5.32 Å². The summed E-state index contributed by atoms with van der Waals surface area (Å²) in [5.74, 6) is -1.20. The van der Waals surface area contributed by atoms with Crippen LogP contribution in [0, 0.1) is 5.82 Å². The molecule has 0 unspecified atom stereocenters.